The molecule has 3 aromatic rings. The van der Waals surface area contributed by atoms with Crippen LogP contribution in [0.4, 0.5) is 22.7 Å². The number of benzene rings is 1. The number of hydrogen-bond acceptors (Lipinski definition) is 13. The second-order valence-electron chi connectivity index (χ2n) is 10.3. The lowest BCUT2D eigenvalue weighted by Crippen LogP contribution is -2.45. The van der Waals surface area contributed by atoms with Crippen molar-refractivity contribution in [2.45, 2.75) is 44.2 Å². The standard InChI is InChI=1S/C27H34N6O6S2/c1-4-39-25(36)22-16(2)28-27(40-22)31-26-29-23-20(24(30-26)33-12-10-21(35)18(14-33)15-34)9-11-32(23)13-17-5-7-19(8-6-17)41(3,37)38/h5-8,18,21,34-35H,4,9-15H2,1-3H3,(H,28,29,30,31). The zero-order chi connectivity index (χ0) is 29.3. The Bertz CT molecular complexity index is 1530. The Morgan fingerprint density at radius 1 is 1.17 bits per heavy atom. The summed E-state index contributed by atoms with van der Waals surface area (Å²) in [6, 6.07) is 6.84. The van der Waals surface area contributed by atoms with Crippen LogP contribution in [0.1, 0.15) is 39.8 Å². The van der Waals surface area contributed by atoms with Crippen LogP contribution in [0, 0.1) is 12.8 Å². The number of esters is 1. The van der Waals surface area contributed by atoms with E-state index in [0.29, 0.717) is 60.7 Å². The average molecular weight is 603 g/mol. The van der Waals surface area contributed by atoms with Crippen LogP contribution < -0.4 is 15.1 Å². The van der Waals surface area contributed by atoms with Crippen molar-refractivity contribution >= 4 is 49.9 Å². The van der Waals surface area contributed by atoms with Crippen LogP contribution in [0.5, 0.6) is 0 Å². The molecule has 2 aliphatic rings. The van der Waals surface area contributed by atoms with Gasteiger partial charge in [0.05, 0.1) is 29.9 Å². The van der Waals surface area contributed by atoms with E-state index in [9.17, 15) is 23.4 Å². The third-order valence-corrected chi connectivity index (χ3v) is 9.51. The maximum Gasteiger partial charge on any atom is 0.350 e. The van der Waals surface area contributed by atoms with E-state index in [4.69, 9.17) is 14.7 Å². The monoisotopic (exact) mass is 602 g/mol. The zero-order valence-corrected chi connectivity index (χ0v) is 24.8. The first-order valence-corrected chi connectivity index (χ1v) is 16.2. The lowest BCUT2D eigenvalue weighted by Gasteiger charge is -2.37. The Morgan fingerprint density at radius 2 is 1.90 bits per heavy atom. The van der Waals surface area contributed by atoms with Gasteiger partial charge in [-0.15, -0.1) is 0 Å². The fourth-order valence-corrected chi connectivity index (χ4v) is 6.64. The van der Waals surface area contributed by atoms with Crippen molar-refractivity contribution in [3.05, 3.63) is 46.0 Å². The highest BCUT2D eigenvalue weighted by atomic mass is 32.2. The molecule has 2 unspecified atom stereocenters. The fourth-order valence-electron chi connectivity index (χ4n) is 5.16. The van der Waals surface area contributed by atoms with Gasteiger partial charge in [0.2, 0.25) is 5.95 Å². The fraction of sp³-hybridized carbons (Fsp3) is 0.481. The summed E-state index contributed by atoms with van der Waals surface area (Å²) >= 11 is 1.17. The third-order valence-electron chi connectivity index (χ3n) is 7.32. The largest absolute Gasteiger partial charge is 0.462 e. The maximum absolute atomic E-state index is 12.3. The van der Waals surface area contributed by atoms with Crippen molar-refractivity contribution in [2.24, 2.45) is 5.92 Å². The zero-order valence-electron chi connectivity index (χ0n) is 23.2. The topological polar surface area (TPSA) is 158 Å². The summed E-state index contributed by atoms with van der Waals surface area (Å²) in [5.74, 6) is 1.08. The molecular formula is C27H34N6O6S2. The second-order valence-corrected chi connectivity index (χ2v) is 13.3. The average Bonchev–Trinajstić information content (AvgIpc) is 3.51. The van der Waals surface area contributed by atoms with Crippen molar-refractivity contribution < 1.29 is 28.2 Å². The van der Waals surface area contributed by atoms with E-state index in [1.54, 1.807) is 26.0 Å². The maximum atomic E-state index is 12.3. The minimum atomic E-state index is -3.29. The molecule has 12 nitrogen and oxygen atoms in total. The van der Waals surface area contributed by atoms with Crippen molar-refractivity contribution in [3.8, 4) is 0 Å². The molecule has 14 heteroatoms. The lowest BCUT2D eigenvalue weighted by molar-refractivity contribution is 0.0520. The number of ether oxygens (including phenoxy) is 1. The Labute approximate surface area is 243 Å². The van der Waals surface area contributed by atoms with Crippen LogP contribution in [-0.2, 0) is 27.5 Å². The van der Waals surface area contributed by atoms with Crippen molar-refractivity contribution in [3.63, 3.8) is 0 Å². The number of sulfone groups is 1. The number of aromatic nitrogens is 3. The van der Waals surface area contributed by atoms with Crippen LogP contribution in [0.2, 0.25) is 0 Å². The first-order chi connectivity index (χ1) is 19.6. The van der Waals surface area contributed by atoms with Crippen molar-refractivity contribution in [1.29, 1.82) is 0 Å². The van der Waals surface area contributed by atoms with E-state index in [1.807, 2.05) is 12.1 Å². The number of aliphatic hydroxyl groups excluding tert-OH is 2. The van der Waals surface area contributed by atoms with Gasteiger partial charge in [0.1, 0.15) is 16.5 Å². The predicted molar refractivity (Wildman–Crippen MR) is 156 cm³/mol. The number of rotatable bonds is 9. The van der Waals surface area contributed by atoms with Crippen LogP contribution in [0.15, 0.2) is 29.2 Å². The Morgan fingerprint density at radius 3 is 2.59 bits per heavy atom. The second kappa shape index (κ2) is 11.9. The number of aryl methyl sites for hydroxylation is 1. The SMILES string of the molecule is CCOC(=O)c1sc(Nc2nc3c(c(N4CCC(O)C(CO)C4)n2)CCN3Cc2ccc(S(C)(=O)=O)cc2)nc1C. The van der Waals surface area contributed by atoms with Crippen LogP contribution >= 0.6 is 11.3 Å². The number of nitrogens with zero attached hydrogens (tertiary/aromatic N) is 5. The number of nitrogens with one attached hydrogen (secondary N) is 1. The molecule has 1 aromatic carbocycles. The normalized spacial score (nSPS) is 18.9. The Kier molecular flexibility index (Phi) is 8.45. The molecule has 2 aromatic heterocycles. The number of fused-ring (bicyclic) bond motifs is 1. The molecule has 0 radical (unpaired) electrons. The van der Waals surface area contributed by atoms with Gasteiger partial charge >= 0.3 is 5.97 Å². The van der Waals surface area contributed by atoms with Gasteiger partial charge in [0, 0.05) is 43.9 Å². The molecule has 5 rings (SSSR count). The number of carbonyl (C=O) groups is 1. The number of carbonyl (C=O) groups excluding carboxylic acids is 1. The summed E-state index contributed by atoms with van der Waals surface area (Å²) in [7, 11) is -3.29. The first-order valence-electron chi connectivity index (χ1n) is 13.5. The van der Waals surface area contributed by atoms with Gasteiger partial charge in [-0.25, -0.2) is 18.2 Å². The minimum Gasteiger partial charge on any atom is -0.462 e. The highest BCUT2D eigenvalue weighted by Gasteiger charge is 2.33. The van der Waals surface area contributed by atoms with Gasteiger partial charge < -0.3 is 24.7 Å². The molecule has 0 spiro atoms. The molecule has 0 saturated carbocycles. The van der Waals surface area contributed by atoms with Crippen LogP contribution in [0.3, 0.4) is 0 Å². The lowest BCUT2D eigenvalue weighted by atomic mass is 9.95. The molecule has 1 saturated heterocycles. The first kappa shape index (κ1) is 29.2. The molecule has 3 N–H and O–H groups in total. The summed E-state index contributed by atoms with van der Waals surface area (Å²) in [6.07, 6.45) is 1.83. The molecule has 2 atom stereocenters. The summed E-state index contributed by atoms with van der Waals surface area (Å²) in [4.78, 5) is 31.4. The number of aliphatic hydroxyl groups is 2. The van der Waals surface area contributed by atoms with Gasteiger partial charge in [-0.3, -0.25) is 5.32 Å². The van der Waals surface area contributed by atoms with E-state index < -0.39 is 21.9 Å². The molecule has 2 aliphatic heterocycles. The van der Waals surface area contributed by atoms with Crippen molar-refractivity contribution in [1.82, 2.24) is 15.0 Å². The quantitative estimate of drug-likeness (QED) is 0.308. The number of piperidine rings is 1. The van der Waals surface area contributed by atoms with Gasteiger partial charge in [-0.1, -0.05) is 23.5 Å². The number of anilines is 4. The molecule has 4 heterocycles. The molecule has 0 amide bonds. The van der Waals surface area contributed by atoms with Gasteiger partial charge in [0.25, 0.3) is 0 Å². The van der Waals surface area contributed by atoms with E-state index >= 15 is 0 Å². The van der Waals surface area contributed by atoms with E-state index in [2.05, 4.69) is 20.1 Å². The molecule has 0 bridgehead atoms. The van der Waals surface area contributed by atoms with Crippen LogP contribution in [0.25, 0.3) is 0 Å². The number of thiazole rings is 1. The number of hydrogen-bond donors (Lipinski definition) is 3. The highest BCUT2D eigenvalue weighted by Crippen LogP contribution is 2.37. The Hall–Kier alpha value is -3.33. The molecule has 1 fully saturated rings. The van der Waals surface area contributed by atoms with Gasteiger partial charge in [-0.2, -0.15) is 9.97 Å². The van der Waals surface area contributed by atoms with Crippen molar-refractivity contribution in [2.75, 3.05) is 54.2 Å². The third kappa shape index (κ3) is 6.30. The molecule has 0 aliphatic carbocycles. The summed E-state index contributed by atoms with van der Waals surface area (Å²) in [6.45, 7) is 5.89. The minimum absolute atomic E-state index is 0.124. The predicted octanol–water partition coefficient (Wildman–Crippen LogP) is 2.31. The van der Waals surface area contributed by atoms with Gasteiger partial charge in [0.15, 0.2) is 15.0 Å². The molecular weight excluding hydrogens is 568 g/mol. The smallest absolute Gasteiger partial charge is 0.350 e. The van der Waals surface area contributed by atoms with Gasteiger partial charge in [-0.05, 0) is 44.4 Å². The van der Waals surface area contributed by atoms with E-state index in [0.717, 1.165) is 22.8 Å². The highest BCUT2D eigenvalue weighted by molar-refractivity contribution is 7.90. The summed E-state index contributed by atoms with van der Waals surface area (Å²) in [5.41, 5.74) is 2.46. The van der Waals surface area contributed by atoms with Crippen LogP contribution in [-0.4, -0.2) is 84.8 Å². The molecule has 41 heavy (non-hydrogen) atoms. The Balaban J connectivity index is 1.48. The molecule has 220 valence electrons. The summed E-state index contributed by atoms with van der Waals surface area (Å²) < 4.78 is 28.9. The van der Waals surface area contributed by atoms with E-state index in [-0.39, 0.29) is 24.0 Å². The summed E-state index contributed by atoms with van der Waals surface area (Å²) in [5, 5.41) is 23.8. The van der Waals surface area contributed by atoms with E-state index in [1.165, 1.54) is 17.6 Å².